The van der Waals surface area contributed by atoms with Crippen LogP contribution in [0.3, 0.4) is 0 Å². The van der Waals surface area contributed by atoms with Crippen LogP contribution >= 0.6 is 11.8 Å². The highest BCUT2D eigenvalue weighted by Gasteiger charge is 2.42. The van der Waals surface area contributed by atoms with Crippen molar-refractivity contribution in [3.05, 3.63) is 42.7 Å². The van der Waals surface area contributed by atoms with Crippen LogP contribution in [0.1, 0.15) is 0 Å². The molecule has 1 aromatic carbocycles. The third-order valence-corrected chi connectivity index (χ3v) is 5.54. The first-order chi connectivity index (χ1) is 12.8. The van der Waals surface area contributed by atoms with Crippen LogP contribution < -0.4 is 10.2 Å². The summed E-state index contributed by atoms with van der Waals surface area (Å²) >= 11 is 1.62. The molecule has 2 amide bonds. The number of hydrogen-bond acceptors (Lipinski definition) is 6. The third kappa shape index (κ3) is 3.34. The number of carbonyl (C=O) groups is 1. The molecule has 136 valence electrons. The first kappa shape index (κ1) is 17.1. The number of ether oxygens (including phenoxy) is 1. The van der Waals surface area contributed by atoms with Crippen LogP contribution in [-0.2, 0) is 4.74 Å². The lowest BCUT2D eigenvalue weighted by molar-refractivity contribution is 0.0316. The number of thioether (sulfide) groups is 1. The molecule has 26 heavy (non-hydrogen) atoms. The molecule has 1 aromatic heterocycles. The van der Waals surface area contributed by atoms with Crippen LogP contribution in [0.5, 0.6) is 0 Å². The molecule has 0 aliphatic carbocycles. The topological polar surface area (TPSA) is 70.6 Å². The van der Waals surface area contributed by atoms with Crippen LogP contribution in [-0.4, -0.2) is 65.5 Å². The number of anilines is 2. The van der Waals surface area contributed by atoms with E-state index in [1.165, 1.54) is 0 Å². The molecule has 7 nitrogen and oxygen atoms in total. The Balaban J connectivity index is 1.47. The van der Waals surface area contributed by atoms with Gasteiger partial charge in [0.2, 0.25) is 5.95 Å². The Bertz CT molecular complexity index is 775. The van der Waals surface area contributed by atoms with Crippen molar-refractivity contribution in [3.63, 3.8) is 0 Å². The fourth-order valence-electron chi connectivity index (χ4n) is 3.48. The molecular weight excluding hydrogens is 350 g/mol. The van der Waals surface area contributed by atoms with Crippen molar-refractivity contribution in [3.8, 4) is 0 Å². The van der Waals surface area contributed by atoms with Gasteiger partial charge in [-0.1, -0.05) is 12.1 Å². The van der Waals surface area contributed by atoms with Gasteiger partial charge in [0.25, 0.3) is 0 Å². The normalized spacial score (nSPS) is 22.2. The van der Waals surface area contributed by atoms with Crippen LogP contribution in [0.2, 0.25) is 0 Å². The lowest BCUT2D eigenvalue weighted by Crippen LogP contribution is -2.51. The predicted octanol–water partition coefficient (Wildman–Crippen LogP) is 2.32. The van der Waals surface area contributed by atoms with Gasteiger partial charge in [-0.05, 0) is 24.5 Å². The smallest absolute Gasteiger partial charge is 0.322 e. The van der Waals surface area contributed by atoms with E-state index in [2.05, 4.69) is 20.2 Å². The zero-order chi connectivity index (χ0) is 17.9. The van der Waals surface area contributed by atoms with Gasteiger partial charge in [-0.15, -0.1) is 11.8 Å². The first-order valence-corrected chi connectivity index (χ1v) is 9.83. The zero-order valence-electron chi connectivity index (χ0n) is 14.5. The van der Waals surface area contributed by atoms with E-state index in [-0.39, 0.29) is 18.2 Å². The first-order valence-electron chi connectivity index (χ1n) is 8.60. The Hall–Kier alpha value is -2.32. The van der Waals surface area contributed by atoms with Crippen molar-refractivity contribution in [2.75, 3.05) is 42.7 Å². The van der Waals surface area contributed by atoms with E-state index in [0.717, 1.165) is 17.1 Å². The number of para-hydroxylation sites is 1. The minimum Gasteiger partial charge on any atom is -0.372 e. The molecule has 4 rings (SSSR count). The van der Waals surface area contributed by atoms with E-state index in [4.69, 9.17) is 4.74 Å². The second-order valence-electron chi connectivity index (χ2n) is 6.25. The average molecular weight is 371 g/mol. The van der Waals surface area contributed by atoms with Crippen LogP contribution in [0, 0.1) is 0 Å². The molecule has 0 radical (unpaired) electrons. The van der Waals surface area contributed by atoms with Gasteiger partial charge in [0, 0.05) is 30.4 Å². The van der Waals surface area contributed by atoms with Crippen LogP contribution in [0.15, 0.2) is 47.6 Å². The highest BCUT2D eigenvalue weighted by molar-refractivity contribution is 7.98. The Kier molecular flexibility index (Phi) is 4.94. The van der Waals surface area contributed by atoms with Crippen molar-refractivity contribution in [2.45, 2.75) is 17.0 Å². The standard InChI is InChI=1S/C18H21N5O2S/c1-26-16-6-3-2-5-13(16)21-18(24)22-11-14-15(12-22)25-10-9-23(14)17-19-7-4-8-20-17/h2-8,14-15H,9-12H2,1H3,(H,21,24)/t14-,15-/m0/s1. The molecule has 1 N–H and O–H groups in total. The summed E-state index contributed by atoms with van der Waals surface area (Å²) in [6.45, 7) is 2.51. The van der Waals surface area contributed by atoms with E-state index in [9.17, 15) is 4.79 Å². The number of amides is 2. The van der Waals surface area contributed by atoms with E-state index >= 15 is 0 Å². The summed E-state index contributed by atoms with van der Waals surface area (Å²) in [5.74, 6) is 0.695. The molecule has 3 heterocycles. The zero-order valence-corrected chi connectivity index (χ0v) is 15.4. The van der Waals surface area contributed by atoms with E-state index in [1.54, 1.807) is 30.2 Å². The van der Waals surface area contributed by atoms with Gasteiger partial charge in [-0.25, -0.2) is 14.8 Å². The second kappa shape index (κ2) is 7.51. The molecule has 0 saturated carbocycles. The quantitative estimate of drug-likeness (QED) is 0.835. The van der Waals surface area contributed by atoms with Crippen LogP contribution in [0.25, 0.3) is 0 Å². The molecule has 0 bridgehead atoms. The minimum absolute atomic E-state index is 0.0194. The van der Waals surface area contributed by atoms with Gasteiger partial charge in [0.1, 0.15) is 0 Å². The van der Waals surface area contributed by atoms with E-state index in [0.29, 0.717) is 25.6 Å². The molecule has 2 aromatic rings. The van der Waals surface area contributed by atoms with E-state index < -0.39 is 0 Å². The number of fused-ring (bicyclic) bond motifs is 1. The second-order valence-corrected chi connectivity index (χ2v) is 7.10. The van der Waals surface area contributed by atoms with Gasteiger partial charge in [0.05, 0.1) is 31.0 Å². The van der Waals surface area contributed by atoms with Crippen molar-refractivity contribution >= 4 is 29.4 Å². The largest absolute Gasteiger partial charge is 0.372 e. The predicted molar refractivity (Wildman–Crippen MR) is 102 cm³/mol. The van der Waals surface area contributed by atoms with Gasteiger partial charge in [0.15, 0.2) is 0 Å². The number of morpholine rings is 1. The fourth-order valence-corrected chi connectivity index (χ4v) is 4.04. The molecular formula is C18H21N5O2S. The lowest BCUT2D eigenvalue weighted by atomic mass is 10.1. The van der Waals surface area contributed by atoms with Gasteiger partial charge >= 0.3 is 6.03 Å². The monoisotopic (exact) mass is 371 g/mol. The number of likely N-dealkylation sites (tertiary alicyclic amines) is 1. The summed E-state index contributed by atoms with van der Waals surface area (Å²) in [4.78, 5) is 26.5. The maximum atomic E-state index is 12.8. The van der Waals surface area contributed by atoms with Gasteiger partial charge in [-0.3, -0.25) is 0 Å². The molecule has 0 spiro atoms. The number of urea groups is 1. The Labute approximate surface area is 156 Å². The maximum Gasteiger partial charge on any atom is 0.322 e. The van der Waals surface area contributed by atoms with Gasteiger partial charge in [-0.2, -0.15) is 0 Å². The third-order valence-electron chi connectivity index (χ3n) is 4.75. The molecule has 8 heteroatoms. The van der Waals surface area contributed by atoms with Crippen molar-refractivity contribution < 1.29 is 9.53 Å². The summed E-state index contributed by atoms with van der Waals surface area (Å²) < 4.78 is 5.91. The van der Waals surface area contributed by atoms with E-state index in [1.807, 2.05) is 35.4 Å². The Morgan fingerprint density at radius 2 is 2.04 bits per heavy atom. The number of aromatic nitrogens is 2. The number of benzene rings is 1. The van der Waals surface area contributed by atoms with Crippen molar-refractivity contribution in [1.82, 2.24) is 14.9 Å². The minimum atomic E-state index is -0.0987. The highest BCUT2D eigenvalue weighted by Crippen LogP contribution is 2.28. The Morgan fingerprint density at radius 3 is 2.85 bits per heavy atom. The SMILES string of the molecule is CSc1ccccc1NC(=O)N1C[C@@H]2OCCN(c3ncccn3)[C@H]2C1. The highest BCUT2D eigenvalue weighted by atomic mass is 32.2. The average Bonchev–Trinajstić information content (AvgIpc) is 3.13. The van der Waals surface area contributed by atoms with Crippen LogP contribution in [0.4, 0.5) is 16.4 Å². The summed E-state index contributed by atoms with van der Waals surface area (Å²) in [5, 5.41) is 3.03. The maximum absolute atomic E-state index is 12.8. The van der Waals surface area contributed by atoms with Crippen molar-refractivity contribution in [1.29, 1.82) is 0 Å². The Morgan fingerprint density at radius 1 is 1.23 bits per heavy atom. The summed E-state index contributed by atoms with van der Waals surface area (Å²) in [6.07, 6.45) is 5.46. The summed E-state index contributed by atoms with van der Waals surface area (Å²) in [6, 6.07) is 9.61. The summed E-state index contributed by atoms with van der Waals surface area (Å²) in [5.41, 5.74) is 0.837. The number of carbonyl (C=O) groups excluding carboxylic acids is 1. The molecule has 0 unspecified atom stereocenters. The number of nitrogens with one attached hydrogen (secondary N) is 1. The molecule has 2 saturated heterocycles. The van der Waals surface area contributed by atoms with Gasteiger partial charge < -0.3 is 19.9 Å². The lowest BCUT2D eigenvalue weighted by Gasteiger charge is -2.36. The number of hydrogen-bond donors (Lipinski definition) is 1. The van der Waals surface area contributed by atoms with Crippen molar-refractivity contribution in [2.24, 2.45) is 0 Å². The summed E-state index contributed by atoms with van der Waals surface area (Å²) in [7, 11) is 0. The molecule has 2 aliphatic heterocycles. The number of rotatable bonds is 3. The molecule has 2 atom stereocenters. The molecule has 2 aliphatic rings. The molecule has 2 fully saturated rings. The fraction of sp³-hybridized carbons (Fsp3) is 0.389. The number of nitrogens with zero attached hydrogens (tertiary/aromatic N) is 4.